The molecule has 2 N–H and O–H groups in total. The number of aromatic nitrogens is 3. The number of thiazole rings is 1. The predicted octanol–water partition coefficient (Wildman–Crippen LogP) is 2.15. The number of aryl methyl sites for hydroxylation is 1. The average molecular weight is 325 g/mol. The van der Waals surface area contributed by atoms with E-state index in [0.717, 1.165) is 36.1 Å². The van der Waals surface area contributed by atoms with Crippen molar-refractivity contribution >= 4 is 38.8 Å². The summed E-state index contributed by atoms with van der Waals surface area (Å²) in [5, 5.41) is 17.3. The molecule has 0 saturated carbocycles. The van der Waals surface area contributed by atoms with Crippen molar-refractivity contribution in [2.75, 3.05) is 23.8 Å². The highest BCUT2D eigenvalue weighted by Crippen LogP contribution is 2.20. The van der Waals surface area contributed by atoms with Crippen LogP contribution in [0.3, 0.4) is 0 Å². The summed E-state index contributed by atoms with van der Waals surface area (Å²) >= 11 is 2.74. The van der Waals surface area contributed by atoms with Gasteiger partial charge in [-0.25, -0.2) is 4.98 Å². The minimum absolute atomic E-state index is 0.246. The first kappa shape index (κ1) is 14.4. The molecule has 0 aromatic carbocycles. The van der Waals surface area contributed by atoms with E-state index in [1.807, 2.05) is 6.92 Å². The first-order valence-electron chi connectivity index (χ1n) is 6.63. The van der Waals surface area contributed by atoms with Gasteiger partial charge in [0.2, 0.25) is 5.13 Å². The maximum atomic E-state index is 12.0. The van der Waals surface area contributed by atoms with Crippen LogP contribution in [0.2, 0.25) is 0 Å². The van der Waals surface area contributed by atoms with Gasteiger partial charge < -0.3 is 10.1 Å². The Balaban J connectivity index is 1.54. The molecule has 1 amide bonds. The standard InChI is InChI=1S/C12H15N5O2S2/c1-7-16-17-12(21-7)15-10(18)9-6-20-11(14-9)13-5-8-3-2-4-19-8/h6,8H,2-5H2,1H3,(H,13,14)(H,15,17,18). The molecule has 0 spiro atoms. The lowest BCUT2D eigenvalue weighted by atomic mass is 10.2. The molecule has 1 saturated heterocycles. The molecule has 3 heterocycles. The molecular weight excluding hydrogens is 310 g/mol. The summed E-state index contributed by atoms with van der Waals surface area (Å²) in [5.74, 6) is -0.271. The number of amides is 1. The van der Waals surface area contributed by atoms with Crippen LogP contribution in [0.25, 0.3) is 0 Å². The highest BCUT2D eigenvalue weighted by Gasteiger charge is 2.17. The van der Waals surface area contributed by atoms with Crippen LogP contribution in [0.5, 0.6) is 0 Å². The van der Waals surface area contributed by atoms with Crippen molar-refractivity contribution < 1.29 is 9.53 Å². The lowest BCUT2D eigenvalue weighted by Crippen LogP contribution is -2.18. The molecule has 0 bridgehead atoms. The van der Waals surface area contributed by atoms with Crippen LogP contribution >= 0.6 is 22.7 Å². The summed E-state index contributed by atoms with van der Waals surface area (Å²) < 4.78 is 5.53. The van der Waals surface area contributed by atoms with Gasteiger partial charge in [-0.05, 0) is 19.8 Å². The molecular formula is C12H15N5O2S2. The highest BCUT2D eigenvalue weighted by atomic mass is 32.1. The maximum Gasteiger partial charge on any atom is 0.277 e. The van der Waals surface area contributed by atoms with Crippen LogP contribution in [0, 0.1) is 6.92 Å². The van der Waals surface area contributed by atoms with Crippen LogP contribution in [-0.4, -0.2) is 40.3 Å². The molecule has 9 heteroatoms. The molecule has 3 rings (SSSR count). The van der Waals surface area contributed by atoms with E-state index in [1.54, 1.807) is 5.38 Å². The normalized spacial score (nSPS) is 17.9. The summed E-state index contributed by atoms with van der Waals surface area (Å²) in [4.78, 5) is 16.3. The molecule has 2 aromatic rings. The Morgan fingerprint density at radius 1 is 1.48 bits per heavy atom. The summed E-state index contributed by atoms with van der Waals surface area (Å²) in [6, 6.07) is 0. The van der Waals surface area contributed by atoms with E-state index < -0.39 is 0 Å². The van der Waals surface area contributed by atoms with E-state index in [4.69, 9.17) is 4.74 Å². The Kier molecular flexibility index (Phi) is 4.42. The monoisotopic (exact) mass is 325 g/mol. The van der Waals surface area contributed by atoms with Crippen molar-refractivity contribution in [3.8, 4) is 0 Å². The fraction of sp³-hybridized carbons (Fsp3) is 0.500. The summed E-state index contributed by atoms with van der Waals surface area (Å²) in [7, 11) is 0. The predicted molar refractivity (Wildman–Crippen MR) is 82.2 cm³/mol. The Bertz CT molecular complexity index is 621. The topological polar surface area (TPSA) is 89.0 Å². The van der Waals surface area contributed by atoms with Crippen molar-refractivity contribution in [3.05, 3.63) is 16.1 Å². The van der Waals surface area contributed by atoms with E-state index in [2.05, 4.69) is 25.8 Å². The minimum Gasteiger partial charge on any atom is -0.376 e. The van der Waals surface area contributed by atoms with E-state index in [9.17, 15) is 4.79 Å². The zero-order valence-corrected chi connectivity index (χ0v) is 13.1. The molecule has 21 heavy (non-hydrogen) atoms. The van der Waals surface area contributed by atoms with Crippen LogP contribution in [-0.2, 0) is 4.74 Å². The molecule has 1 unspecified atom stereocenters. The van der Waals surface area contributed by atoms with Crippen molar-refractivity contribution in [2.24, 2.45) is 0 Å². The number of hydrogen-bond acceptors (Lipinski definition) is 8. The number of carbonyl (C=O) groups is 1. The lowest BCUT2D eigenvalue weighted by molar-refractivity contribution is 0.102. The SMILES string of the molecule is Cc1nnc(NC(=O)c2csc(NCC3CCCO3)n2)s1. The van der Waals surface area contributed by atoms with Crippen molar-refractivity contribution in [1.29, 1.82) is 0 Å². The average Bonchev–Trinajstić information content (AvgIpc) is 3.17. The van der Waals surface area contributed by atoms with E-state index in [1.165, 1.54) is 22.7 Å². The number of nitrogens with zero attached hydrogens (tertiary/aromatic N) is 3. The van der Waals surface area contributed by atoms with Gasteiger partial charge in [0.05, 0.1) is 6.10 Å². The second-order valence-electron chi connectivity index (χ2n) is 4.63. The third-order valence-electron chi connectivity index (χ3n) is 2.99. The quantitative estimate of drug-likeness (QED) is 0.875. The van der Waals surface area contributed by atoms with Gasteiger partial charge in [0.1, 0.15) is 10.7 Å². The fourth-order valence-corrected chi connectivity index (χ4v) is 3.26. The first-order valence-corrected chi connectivity index (χ1v) is 8.33. The van der Waals surface area contributed by atoms with Gasteiger partial charge in [-0.3, -0.25) is 10.1 Å². The highest BCUT2D eigenvalue weighted by molar-refractivity contribution is 7.15. The van der Waals surface area contributed by atoms with Gasteiger partial charge >= 0.3 is 0 Å². The van der Waals surface area contributed by atoms with Gasteiger partial charge in [-0.15, -0.1) is 21.5 Å². The number of hydrogen-bond donors (Lipinski definition) is 2. The summed E-state index contributed by atoms with van der Waals surface area (Å²) in [6.45, 7) is 3.40. The number of rotatable bonds is 5. The molecule has 1 atom stereocenters. The molecule has 7 nitrogen and oxygen atoms in total. The van der Waals surface area contributed by atoms with Crippen LogP contribution < -0.4 is 10.6 Å². The van der Waals surface area contributed by atoms with Crippen LogP contribution in [0.15, 0.2) is 5.38 Å². The number of carbonyl (C=O) groups excluding carboxylic acids is 1. The van der Waals surface area contributed by atoms with Crippen molar-refractivity contribution in [2.45, 2.75) is 25.9 Å². The van der Waals surface area contributed by atoms with E-state index in [0.29, 0.717) is 10.8 Å². The molecule has 2 aromatic heterocycles. The van der Waals surface area contributed by atoms with Crippen molar-refractivity contribution in [3.63, 3.8) is 0 Å². The van der Waals surface area contributed by atoms with Crippen LogP contribution in [0.4, 0.5) is 10.3 Å². The Labute approximate surface area is 129 Å². The first-order chi connectivity index (χ1) is 10.2. The maximum absolute atomic E-state index is 12.0. The smallest absolute Gasteiger partial charge is 0.277 e. The third-order valence-corrected chi connectivity index (χ3v) is 4.54. The second kappa shape index (κ2) is 6.46. The second-order valence-corrected chi connectivity index (χ2v) is 6.67. The van der Waals surface area contributed by atoms with Gasteiger partial charge in [0, 0.05) is 18.5 Å². The summed E-state index contributed by atoms with van der Waals surface area (Å²) in [5.41, 5.74) is 0.377. The van der Waals surface area contributed by atoms with Crippen molar-refractivity contribution in [1.82, 2.24) is 15.2 Å². The Morgan fingerprint density at radius 3 is 3.10 bits per heavy atom. The number of ether oxygens (including phenoxy) is 1. The molecule has 1 aliphatic heterocycles. The van der Waals surface area contributed by atoms with Gasteiger partial charge in [0.15, 0.2) is 5.13 Å². The largest absolute Gasteiger partial charge is 0.376 e. The van der Waals surface area contributed by atoms with E-state index in [-0.39, 0.29) is 12.0 Å². The zero-order valence-electron chi connectivity index (χ0n) is 11.5. The van der Waals surface area contributed by atoms with Crippen LogP contribution in [0.1, 0.15) is 28.3 Å². The lowest BCUT2D eigenvalue weighted by Gasteiger charge is -2.08. The number of nitrogens with one attached hydrogen (secondary N) is 2. The third kappa shape index (κ3) is 3.74. The fourth-order valence-electron chi connectivity index (χ4n) is 1.97. The minimum atomic E-state index is -0.271. The Morgan fingerprint density at radius 2 is 2.38 bits per heavy atom. The van der Waals surface area contributed by atoms with E-state index >= 15 is 0 Å². The molecule has 1 fully saturated rings. The van der Waals surface area contributed by atoms with Gasteiger partial charge in [-0.2, -0.15) is 0 Å². The molecule has 1 aliphatic rings. The van der Waals surface area contributed by atoms with Gasteiger partial charge in [0.25, 0.3) is 5.91 Å². The molecule has 112 valence electrons. The summed E-state index contributed by atoms with van der Waals surface area (Å²) in [6.07, 6.45) is 2.43. The zero-order chi connectivity index (χ0) is 14.7. The molecule has 0 radical (unpaired) electrons. The van der Waals surface area contributed by atoms with Gasteiger partial charge in [-0.1, -0.05) is 11.3 Å². The Hall–Kier alpha value is -1.58. The number of anilines is 2. The molecule has 0 aliphatic carbocycles.